The molecule has 24 heavy (non-hydrogen) atoms. The van der Waals surface area contributed by atoms with Crippen molar-refractivity contribution in [2.45, 2.75) is 21.3 Å². The van der Waals surface area contributed by atoms with Gasteiger partial charge >= 0.3 is 11.9 Å². The molecule has 0 aliphatic heterocycles. The molecule has 130 valence electrons. The smallest absolute Gasteiger partial charge is 0.344 e. The highest BCUT2D eigenvalue weighted by Gasteiger charge is 2.15. The number of carbonyl (C=O) groups is 2. The Balaban J connectivity index is 0.00000170. The molecule has 0 radical (unpaired) electrons. The lowest BCUT2D eigenvalue weighted by atomic mass is 10.2. The molecule has 2 rings (SSSR count). The summed E-state index contributed by atoms with van der Waals surface area (Å²) in [6.45, 7) is 3.38. The van der Waals surface area contributed by atoms with E-state index in [1.807, 2.05) is 13.8 Å². The van der Waals surface area contributed by atoms with Crippen molar-refractivity contribution >= 4 is 11.9 Å². The lowest BCUT2D eigenvalue weighted by molar-refractivity contribution is -0.0169. The topological polar surface area (TPSA) is 93.1 Å². The van der Waals surface area contributed by atoms with Crippen molar-refractivity contribution in [1.29, 1.82) is 0 Å². The monoisotopic (exact) mass is 334 g/mol. The Morgan fingerprint density at radius 3 is 1.46 bits per heavy atom. The predicted molar refractivity (Wildman–Crippen MR) is 90.0 cm³/mol. The SMILES string of the molecule is C.CC.O=C(OCOC(=O)c1ccccc1O)c1ccccc1O. The Hall–Kier alpha value is -3.02. The number of para-hydroxylation sites is 2. The van der Waals surface area contributed by atoms with Crippen LogP contribution < -0.4 is 0 Å². The highest BCUT2D eigenvalue weighted by molar-refractivity contribution is 5.93. The average Bonchev–Trinajstić information content (AvgIpc) is 2.57. The normalized spacial score (nSPS) is 8.92. The van der Waals surface area contributed by atoms with E-state index >= 15 is 0 Å². The second-order valence-corrected chi connectivity index (χ2v) is 4.02. The number of phenolic OH excluding ortho intramolecular Hbond substituents is 2. The third kappa shape index (κ3) is 5.64. The van der Waals surface area contributed by atoms with Crippen LogP contribution in [0, 0.1) is 0 Å². The molecule has 0 unspecified atom stereocenters. The Morgan fingerprint density at radius 2 is 1.12 bits per heavy atom. The van der Waals surface area contributed by atoms with E-state index in [1.54, 1.807) is 24.3 Å². The molecule has 0 spiro atoms. The Bertz CT molecular complexity index is 609. The highest BCUT2D eigenvalue weighted by atomic mass is 16.7. The summed E-state index contributed by atoms with van der Waals surface area (Å²) in [5.41, 5.74) is -0.0628. The predicted octanol–water partition coefficient (Wildman–Crippen LogP) is 3.73. The lowest BCUT2D eigenvalue weighted by Crippen LogP contribution is -2.13. The summed E-state index contributed by atoms with van der Waals surface area (Å²) in [6.07, 6.45) is 0. The van der Waals surface area contributed by atoms with Crippen molar-refractivity contribution in [3.63, 3.8) is 0 Å². The number of carbonyl (C=O) groups excluding carboxylic acids is 2. The number of hydrogen-bond acceptors (Lipinski definition) is 6. The summed E-state index contributed by atoms with van der Waals surface area (Å²) in [5, 5.41) is 18.9. The van der Waals surface area contributed by atoms with Gasteiger partial charge in [-0.2, -0.15) is 0 Å². The number of phenols is 2. The van der Waals surface area contributed by atoms with Crippen molar-refractivity contribution in [2.24, 2.45) is 0 Å². The van der Waals surface area contributed by atoms with Gasteiger partial charge in [0.2, 0.25) is 6.79 Å². The van der Waals surface area contributed by atoms with Gasteiger partial charge < -0.3 is 19.7 Å². The third-order valence-corrected chi connectivity index (χ3v) is 2.63. The van der Waals surface area contributed by atoms with Gasteiger partial charge in [0, 0.05) is 0 Å². The van der Waals surface area contributed by atoms with Crippen LogP contribution in [0.15, 0.2) is 48.5 Å². The fraction of sp³-hybridized carbons (Fsp3) is 0.222. The molecule has 6 heteroatoms. The molecule has 2 aromatic rings. The molecule has 0 aliphatic rings. The largest absolute Gasteiger partial charge is 0.507 e. The van der Waals surface area contributed by atoms with Crippen LogP contribution >= 0.6 is 0 Å². The molecule has 0 aliphatic carbocycles. The first kappa shape index (κ1) is 21.0. The first-order valence-electron chi connectivity index (χ1n) is 7.00. The minimum absolute atomic E-state index is 0. The standard InChI is InChI=1S/C15H12O6.C2H6.CH4/c16-12-7-3-1-5-10(12)14(18)20-9-21-15(19)11-6-2-4-8-13(11)17;1-2;/h1-8,16-17H,9H2;1-2H3;1H4. The van der Waals surface area contributed by atoms with Crippen LogP contribution in [-0.4, -0.2) is 28.9 Å². The minimum Gasteiger partial charge on any atom is -0.507 e. The number of ether oxygens (including phenoxy) is 2. The second kappa shape index (κ2) is 10.7. The van der Waals surface area contributed by atoms with Gasteiger partial charge in [0.05, 0.1) is 0 Å². The van der Waals surface area contributed by atoms with Gasteiger partial charge in [0.1, 0.15) is 22.6 Å². The number of hydrogen-bond donors (Lipinski definition) is 2. The average molecular weight is 334 g/mol. The van der Waals surface area contributed by atoms with E-state index in [0.717, 1.165) is 0 Å². The number of aromatic hydroxyl groups is 2. The van der Waals surface area contributed by atoms with Crippen molar-refractivity contribution in [2.75, 3.05) is 6.79 Å². The lowest BCUT2D eigenvalue weighted by Gasteiger charge is -2.08. The van der Waals surface area contributed by atoms with E-state index in [9.17, 15) is 19.8 Å². The van der Waals surface area contributed by atoms with Crippen molar-refractivity contribution < 1.29 is 29.3 Å². The quantitative estimate of drug-likeness (QED) is 0.653. The molecule has 0 atom stereocenters. The van der Waals surface area contributed by atoms with Gasteiger partial charge in [-0.05, 0) is 24.3 Å². The van der Waals surface area contributed by atoms with Crippen molar-refractivity contribution in [3.8, 4) is 11.5 Å². The van der Waals surface area contributed by atoms with Gasteiger partial charge in [-0.3, -0.25) is 0 Å². The Kier molecular flexibility index (Phi) is 9.32. The van der Waals surface area contributed by atoms with Crippen LogP contribution in [0.4, 0.5) is 0 Å². The van der Waals surface area contributed by atoms with Gasteiger partial charge in [-0.1, -0.05) is 45.5 Å². The Morgan fingerprint density at radius 1 is 0.792 bits per heavy atom. The van der Waals surface area contributed by atoms with Crippen LogP contribution in [0.2, 0.25) is 0 Å². The van der Waals surface area contributed by atoms with E-state index in [-0.39, 0.29) is 30.1 Å². The summed E-state index contributed by atoms with van der Waals surface area (Å²) < 4.78 is 9.43. The second-order valence-electron chi connectivity index (χ2n) is 4.02. The molecule has 0 aromatic heterocycles. The summed E-state index contributed by atoms with van der Waals surface area (Å²) >= 11 is 0. The van der Waals surface area contributed by atoms with Gasteiger partial charge in [-0.25, -0.2) is 9.59 Å². The van der Waals surface area contributed by atoms with Crippen molar-refractivity contribution in [1.82, 2.24) is 0 Å². The molecule has 2 N–H and O–H groups in total. The van der Waals surface area contributed by atoms with Crippen molar-refractivity contribution in [3.05, 3.63) is 59.7 Å². The molecule has 0 amide bonds. The maximum Gasteiger partial charge on any atom is 0.344 e. The summed E-state index contributed by atoms with van der Waals surface area (Å²) in [5.74, 6) is -2.10. The number of rotatable bonds is 4. The fourth-order valence-electron chi connectivity index (χ4n) is 1.58. The van der Waals surface area contributed by atoms with Crippen LogP contribution in [-0.2, 0) is 9.47 Å². The van der Waals surface area contributed by atoms with Crippen LogP contribution in [0.3, 0.4) is 0 Å². The molecule has 0 heterocycles. The van der Waals surface area contributed by atoms with E-state index < -0.39 is 18.7 Å². The summed E-state index contributed by atoms with van der Waals surface area (Å²) in [6, 6.07) is 11.7. The number of esters is 2. The molecule has 0 saturated heterocycles. The third-order valence-electron chi connectivity index (χ3n) is 2.63. The molecule has 0 bridgehead atoms. The summed E-state index contributed by atoms with van der Waals surface area (Å²) in [4.78, 5) is 23.3. The first-order chi connectivity index (χ1) is 11.1. The highest BCUT2D eigenvalue weighted by Crippen LogP contribution is 2.18. The molecular formula is C18H22O6. The van der Waals surface area contributed by atoms with Gasteiger partial charge in [0.15, 0.2) is 0 Å². The van der Waals surface area contributed by atoms with Gasteiger partial charge in [0.25, 0.3) is 0 Å². The maximum absolute atomic E-state index is 11.6. The molecule has 2 aromatic carbocycles. The zero-order valence-corrected chi connectivity index (χ0v) is 12.9. The number of benzene rings is 2. The van der Waals surface area contributed by atoms with E-state index in [4.69, 9.17) is 9.47 Å². The first-order valence-corrected chi connectivity index (χ1v) is 7.00. The van der Waals surface area contributed by atoms with Crippen LogP contribution in [0.1, 0.15) is 42.0 Å². The Labute approximate surface area is 141 Å². The van der Waals surface area contributed by atoms with Gasteiger partial charge in [-0.15, -0.1) is 0 Å². The minimum atomic E-state index is -0.821. The molecule has 0 fully saturated rings. The maximum atomic E-state index is 11.6. The fourth-order valence-corrected chi connectivity index (χ4v) is 1.58. The van der Waals surface area contributed by atoms with E-state index in [2.05, 4.69) is 0 Å². The van der Waals surface area contributed by atoms with Crippen LogP contribution in [0.25, 0.3) is 0 Å². The summed E-state index contributed by atoms with van der Waals surface area (Å²) in [7, 11) is 0. The molecular weight excluding hydrogens is 312 g/mol. The molecule has 0 saturated carbocycles. The van der Waals surface area contributed by atoms with E-state index in [1.165, 1.54) is 24.3 Å². The van der Waals surface area contributed by atoms with E-state index in [0.29, 0.717) is 0 Å². The molecule has 6 nitrogen and oxygen atoms in total. The van der Waals surface area contributed by atoms with Crippen LogP contribution in [0.5, 0.6) is 11.5 Å². The zero-order valence-electron chi connectivity index (χ0n) is 12.9. The zero-order chi connectivity index (χ0) is 17.2.